The second kappa shape index (κ2) is 18.3. The SMILES string of the molecule is O=C(O)CCCCCCCC#C/C=C/CC/C=C/C#C/C=C/Br. The summed E-state index contributed by atoms with van der Waals surface area (Å²) in [6.45, 7) is 0. The Hall–Kier alpha value is -1.71. The van der Waals surface area contributed by atoms with Crippen molar-refractivity contribution in [1.29, 1.82) is 0 Å². The van der Waals surface area contributed by atoms with Crippen molar-refractivity contribution in [3.8, 4) is 23.7 Å². The molecule has 0 atom stereocenters. The Kier molecular flexibility index (Phi) is 17.0. The molecule has 0 saturated heterocycles. The number of rotatable bonds is 10. The van der Waals surface area contributed by atoms with Crippen molar-refractivity contribution >= 4 is 21.9 Å². The first kappa shape index (κ1) is 21.3. The highest BCUT2D eigenvalue weighted by Gasteiger charge is 1.95. The Morgan fingerprint density at radius 1 is 0.870 bits per heavy atom. The zero-order chi connectivity index (χ0) is 17.0. The summed E-state index contributed by atoms with van der Waals surface area (Å²) in [4.78, 5) is 12.1. The fraction of sp³-hybridized carbons (Fsp3) is 0.450. The summed E-state index contributed by atoms with van der Waals surface area (Å²) in [7, 11) is 0. The molecule has 0 heterocycles. The molecule has 23 heavy (non-hydrogen) atoms. The number of aliphatic carboxylic acids is 1. The van der Waals surface area contributed by atoms with Crippen molar-refractivity contribution in [2.24, 2.45) is 0 Å². The van der Waals surface area contributed by atoms with E-state index in [9.17, 15) is 4.79 Å². The predicted molar refractivity (Wildman–Crippen MR) is 101 cm³/mol. The van der Waals surface area contributed by atoms with Gasteiger partial charge in [-0.05, 0) is 48.9 Å². The molecule has 124 valence electrons. The van der Waals surface area contributed by atoms with Crippen LogP contribution in [0.2, 0.25) is 0 Å². The molecule has 0 aromatic carbocycles. The molecule has 0 saturated carbocycles. The highest BCUT2D eigenvalue weighted by molar-refractivity contribution is 9.11. The van der Waals surface area contributed by atoms with Gasteiger partial charge in [0, 0.05) is 12.8 Å². The van der Waals surface area contributed by atoms with Crippen molar-refractivity contribution < 1.29 is 9.90 Å². The van der Waals surface area contributed by atoms with Gasteiger partial charge in [-0.3, -0.25) is 4.79 Å². The second-order valence-corrected chi connectivity index (χ2v) is 5.47. The molecule has 0 fully saturated rings. The molecule has 0 bridgehead atoms. The average Bonchev–Trinajstić information content (AvgIpc) is 2.53. The van der Waals surface area contributed by atoms with Crippen molar-refractivity contribution in [3.05, 3.63) is 35.4 Å². The van der Waals surface area contributed by atoms with E-state index in [0.717, 1.165) is 51.4 Å². The highest BCUT2D eigenvalue weighted by atomic mass is 79.9. The van der Waals surface area contributed by atoms with E-state index in [1.54, 1.807) is 11.1 Å². The van der Waals surface area contributed by atoms with Crippen LogP contribution in [-0.2, 0) is 4.79 Å². The first-order chi connectivity index (χ1) is 11.3. The summed E-state index contributed by atoms with van der Waals surface area (Å²) in [5.41, 5.74) is 0. The number of carboxylic acid groups (broad SMARTS) is 1. The van der Waals surface area contributed by atoms with Crippen molar-refractivity contribution in [1.82, 2.24) is 0 Å². The summed E-state index contributed by atoms with van der Waals surface area (Å²) in [5.74, 6) is 11.2. The molecule has 0 aliphatic carbocycles. The van der Waals surface area contributed by atoms with Crippen LogP contribution < -0.4 is 0 Å². The van der Waals surface area contributed by atoms with Gasteiger partial charge < -0.3 is 5.11 Å². The van der Waals surface area contributed by atoms with Crippen LogP contribution in [0.1, 0.15) is 57.8 Å². The van der Waals surface area contributed by atoms with Gasteiger partial charge in [0.05, 0.1) is 0 Å². The van der Waals surface area contributed by atoms with Crippen molar-refractivity contribution in [3.63, 3.8) is 0 Å². The molecule has 3 heteroatoms. The maximum Gasteiger partial charge on any atom is 0.303 e. The lowest BCUT2D eigenvalue weighted by molar-refractivity contribution is -0.137. The third kappa shape index (κ3) is 20.3. The number of allylic oxidation sites excluding steroid dienone is 5. The second-order valence-electron chi connectivity index (χ2n) is 4.95. The van der Waals surface area contributed by atoms with Gasteiger partial charge in [0.2, 0.25) is 0 Å². The van der Waals surface area contributed by atoms with Gasteiger partial charge in [-0.25, -0.2) is 0 Å². The molecule has 2 nitrogen and oxygen atoms in total. The van der Waals surface area contributed by atoms with Gasteiger partial charge >= 0.3 is 5.97 Å². The van der Waals surface area contributed by atoms with E-state index >= 15 is 0 Å². The lowest BCUT2D eigenvalue weighted by Crippen LogP contribution is -1.93. The van der Waals surface area contributed by atoms with E-state index in [1.807, 2.05) is 12.2 Å². The van der Waals surface area contributed by atoms with Crippen molar-refractivity contribution in [2.75, 3.05) is 0 Å². The highest BCUT2D eigenvalue weighted by Crippen LogP contribution is 2.06. The predicted octanol–water partition coefficient (Wildman–Crippen LogP) is 5.61. The Bertz CT molecular complexity index is 507. The van der Waals surface area contributed by atoms with Crippen molar-refractivity contribution in [2.45, 2.75) is 57.8 Å². The van der Waals surface area contributed by atoms with Gasteiger partial charge in [0.25, 0.3) is 0 Å². The molecule has 0 unspecified atom stereocenters. The minimum absolute atomic E-state index is 0.292. The van der Waals surface area contributed by atoms with Gasteiger partial charge in [0.1, 0.15) is 0 Å². The lowest BCUT2D eigenvalue weighted by atomic mass is 10.1. The number of unbranched alkanes of at least 4 members (excludes halogenated alkanes) is 6. The fourth-order valence-corrected chi connectivity index (χ4v) is 1.89. The molecular formula is C20H25BrO2. The van der Waals surface area contributed by atoms with Crippen LogP contribution in [0.4, 0.5) is 0 Å². The zero-order valence-electron chi connectivity index (χ0n) is 13.6. The lowest BCUT2D eigenvalue weighted by Gasteiger charge is -1.97. The monoisotopic (exact) mass is 376 g/mol. The molecular weight excluding hydrogens is 352 g/mol. The first-order valence-electron chi connectivity index (χ1n) is 8.04. The van der Waals surface area contributed by atoms with E-state index in [-0.39, 0.29) is 0 Å². The van der Waals surface area contributed by atoms with E-state index in [2.05, 4.69) is 51.8 Å². The molecule has 0 aliphatic heterocycles. The molecule has 0 amide bonds. The number of hydrogen-bond donors (Lipinski definition) is 1. The molecule has 0 radical (unpaired) electrons. The van der Waals surface area contributed by atoms with Gasteiger partial charge in [-0.2, -0.15) is 0 Å². The number of carbonyl (C=O) groups is 1. The minimum atomic E-state index is -0.696. The third-order valence-electron chi connectivity index (χ3n) is 2.93. The van der Waals surface area contributed by atoms with E-state index in [4.69, 9.17) is 5.11 Å². The topological polar surface area (TPSA) is 37.3 Å². The molecule has 0 aliphatic rings. The Morgan fingerprint density at radius 2 is 1.48 bits per heavy atom. The number of halogens is 1. The maximum absolute atomic E-state index is 10.3. The van der Waals surface area contributed by atoms with Crippen LogP contribution in [0.25, 0.3) is 0 Å². The molecule has 0 aromatic heterocycles. The molecule has 0 rings (SSSR count). The Morgan fingerprint density at radius 3 is 2.17 bits per heavy atom. The average molecular weight is 377 g/mol. The molecule has 1 N–H and O–H groups in total. The van der Waals surface area contributed by atoms with Gasteiger partial charge in [-0.15, -0.1) is 0 Å². The maximum atomic E-state index is 10.3. The Labute approximate surface area is 148 Å². The largest absolute Gasteiger partial charge is 0.481 e. The van der Waals surface area contributed by atoms with Gasteiger partial charge in [-0.1, -0.05) is 71.0 Å². The van der Waals surface area contributed by atoms with Crippen LogP contribution in [0.3, 0.4) is 0 Å². The molecule has 0 spiro atoms. The third-order valence-corrected chi connectivity index (χ3v) is 3.19. The number of carboxylic acids is 1. The van der Waals surface area contributed by atoms with E-state index in [1.165, 1.54) is 0 Å². The minimum Gasteiger partial charge on any atom is -0.481 e. The smallest absolute Gasteiger partial charge is 0.303 e. The Balaban J connectivity index is 3.44. The summed E-state index contributed by atoms with van der Waals surface area (Å²) < 4.78 is 0. The summed E-state index contributed by atoms with van der Waals surface area (Å²) in [5, 5.41) is 8.51. The zero-order valence-corrected chi connectivity index (χ0v) is 15.1. The van der Waals surface area contributed by atoms with Gasteiger partial charge in [0.15, 0.2) is 0 Å². The van der Waals surface area contributed by atoms with Crippen LogP contribution in [0.5, 0.6) is 0 Å². The quantitative estimate of drug-likeness (QED) is 0.397. The van der Waals surface area contributed by atoms with Crippen LogP contribution >= 0.6 is 15.9 Å². The van der Waals surface area contributed by atoms with Crippen LogP contribution in [-0.4, -0.2) is 11.1 Å². The van der Waals surface area contributed by atoms with E-state index in [0.29, 0.717) is 6.42 Å². The standard InChI is InChI=1S/C20H25BrO2/c21-19-17-15-13-11-9-7-5-3-1-2-4-6-8-10-12-14-16-18-20(22)23/h1,3,9,11,17,19H,5-8,10,12,14,16,18H2,(H,22,23)/b3-1+,11-9+,19-17+. The van der Waals surface area contributed by atoms with Crippen LogP contribution in [0, 0.1) is 23.7 Å². The summed E-state index contributed by atoms with van der Waals surface area (Å²) in [6.07, 6.45) is 17.9. The fourth-order valence-electron chi connectivity index (χ4n) is 1.76. The number of hydrogen-bond acceptors (Lipinski definition) is 1. The first-order valence-corrected chi connectivity index (χ1v) is 8.95. The summed E-state index contributed by atoms with van der Waals surface area (Å²) >= 11 is 3.15. The van der Waals surface area contributed by atoms with Crippen LogP contribution in [0.15, 0.2) is 35.4 Å². The molecule has 0 aromatic rings. The summed E-state index contributed by atoms with van der Waals surface area (Å²) in [6, 6.07) is 0. The normalized spacial score (nSPS) is 10.7. The van der Waals surface area contributed by atoms with E-state index < -0.39 is 5.97 Å².